The standard InChI is InChI=1S/C23H23N5OS/c1-16-14-20(21(29)15-30-23-24-25-26-27(23)3)17(2)28(16)22(18-10-6-4-7-11-18)19-12-8-5-9-13-19/h4-14,22H,15H2,1-3H3. The highest BCUT2D eigenvalue weighted by Gasteiger charge is 2.24. The van der Waals surface area contributed by atoms with Crippen LogP contribution in [0.1, 0.15) is 38.9 Å². The molecule has 6 nitrogen and oxygen atoms in total. The number of aromatic nitrogens is 5. The topological polar surface area (TPSA) is 65.6 Å². The van der Waals surface area contributed by atoms with E-state index in [-0.39, 0.29) is 11.8 Å². The van der Waals surface area contributed by atoms with Crippen molar-refractivity contribution in [3.8, 4) is 0 Å². The first kappa shape index (κ1) is 20.1. The molecule has 2 heterocycles. The highest BCUT2D eigenvalue weighted by atomic mass is 32.2. The lowest BCUT2D eigenvalue weighted by Crippen LogP contribution is -2.16. The molecule has 0 atom stereocenters. The van der Waals surface area contributed by atoms with E-state index in [4.69, 9.17) is 0 Å². The fraction of sp³-hybridized carbons (Fsp3) is 0.217. The molecule has 2 aromatic carbocycles. The van der Waals surface area contributed by atoms with E-state index >= 15 is 0 Å². The van der Waals surface area contributed by atoms with E-state index in [0.717, 1.165) is 17.0 Å². The maximum absolute atomic E-state index is 13.0. The Bertz CT molecular complexity index is 1110. The summed E-state index contributed by atoms with van der Waals surface area (Å²) in [7, 11) is 1.77. The lowest BCUT2D eigenvalue weighted by Gasteiger charge is -2.24. The smallest absolute Gasteiger partial charge is 0.209 e. The highest BCUT2D eigenvalue weighted by molar-refractivity contribution is 7.99. The summed E-state index contributed by atoms with van der Waals surface area (Å²) < 4.78 is 3.83. The predicted octanol–water partition coefficient (Wildman–Crippen LogP) is 4.24. The van der Waals surface area contributed by atoms with Gasteiger partial charge in [-0.2, -0.15) is 0 Å². The Balaban J connectivity index is 1.70. The minimum atomic E-state index is 0.00421. The molecular formula is C23H23N5OS. The number of nitrogens with zero attached hydrogens (tertiary/aromatic N) is 5. The zero-order chi connectivity index (χ0) is 21.1. The molecule has 0 fully saturated rings. The summed E-state index contributed by atoms with van der Waals surface area (Å²) in [5.41, 5.74) is 5.13. The molecule has 4 aromatic rings. The molecule has 152 valence electrons. The van der Waals surface area contributed by atoms with Crippen LogP contribution in [0.25, 0.3) is 0 Å². The van der Waals surface area contributed by atoms with Crippen molar-refractivity contribution in [2.75, 3.05) is 5.75 Å². The van der Waals surface area contributed by atoms with Crippen molar-refractivity contribution >= 4 is 17.5 Å². The molecule has 0 bridgehead atoms. The van der Waals surface area contributed by atoms with E-state index in [1.807, 2.05) is 25.1 Å². The molecule has 2 aromatic heterocycles. The highest BCUT2D eigenvalue weighted by Crippen LogP contribution is 2.32. The van der Waals surface area contributed by atoms with Crippen molar-refractivity contribution in [1.29, 1.82) is 0 Å². The van der Waals surface area contributed by atoms with Gasteiger partial charge in [0.15, 0.2) is 5.78 Å². The maximum Gasteiger partial charge on any atom is 0.209 e. The van der Waals surface area contributed by atoms with Gasteiger partial charge < -0.3 is 4.57 Å². The summed E-state index contributed by atoms with van der Waals surface area (Å²) >= 11 is 1.35. The van der Waals surface area contributed by atoms with Crippen LogP contribution >= 0.6 is 11.8 Å². The Labute approximate surface area is 179 Å². The molecule has 0 N–H and O–H groups in total. The number of tetrazole rings is 1. The number of aryl methyl sites for hydroxylation is 2. The SMILES string of the molecule is Cc1cc(C(=O)CSc2nnnn2C)c(C)n1C(c1ccccc1)c1ccccc1. The molecule has 0 saturated heterocycles. The summed E-state index contributed by atoms with van der Waals surface area (Å²) in [6, 6.07) is 22.8. The van der Waals surface area contributed by atoms with Crippen molar-refractivity contribution in [3.05, 3.63) is 94.8 Å². The van der Waals surface area contributed by atoms with Gasteiger partial charge in [0.05, 0.1) is 11.8 Å². The average molecular weight is 418 g/mol. The van der Waals surface area contributed by atoms with Gasteiger partial charge in [0.1, 0.15) is 0 Å². The summed E-state index contributed by atoms with van der Waals surface area (Å²) in [5.74, 6) is 0.363. The quantitative estimate of drug-likeness (QED) is 0.332. The second kappa shape index (κ2) is 8.67. The van der Waals surface area contributed by atoms with Gasteiger partial charge in [-0.25, -0.2) is 4.68 Å². The molecule has 0 saturated carbocycles. The van der Waals surface area contributed by atoms with Crippen LogP contribution in [-0.2, 0) is 7.05 Å². The summed E-state index contributed by atoms with van der Waals surface area (Å²) in [4.78, 5) is 13.0. The van der Waals surface area contributed by atoms with Crippen molar-refractivity contribution in [2.24, 2.45) is 7.05 Å². The van der Waals surface area contributed by atoms with Gasteiger partial charge in [0, 0.05) is 24.0 Å². The third-order valence-corrected chi connectivity index (χ3v) is 6.20. The van der Waals surface area contributed by atoms with E-state index in [1.165, 1.54) is 22.9 Å². The van der Waals surface area contributed by atoms with E-state index in [2.05, 4.69) is 75.5 Å². The molecule has 30 heavy (non-hydrogen) atoms. The molecular weight excluding hydrogens is 394 g/mol. The van der Waals surface area contributed by atoms with Crippen LogP contribution in [0.4, 0.5) is 0 Å². The minimum Gasteiger partial charge on any atom is -0.337 e. The molecule has 0 spiro atoms. The van der Waals surface area contributed by atoms with Crippen molar-refractivity contribution in [2.45, 2.75) is 25.0 Å². The first-order valence-corrected chi connectivity index (χ1v) is 10.7. The number of hydrogen-bond acceptors (Lipinski definition) is 5. The van der Waals surface area contributed by atoms with E-state index < -0.39 is 0 Å². The summed E-state index contributed by atoms with van der Waals surface area (Å²) in [6.07, 6.45) is 0. The predicted molar refractivity (Wildman–Crippen MR) is 118 cm³/mol. The van der Waals surface area contributed by atoms with Crippen molar-refractivity contribution < 1.29 is 4.79 Å². The summed E-state index contributed by atoms with van der Waals surface area (Å²) in [5, 5.41) is 12.0. The Morgan fingerprint density at radius 2 is 1.60 bits per heavy atom. The van der Waals surface area contributed by atoms with E-state index in [1.54, 1.807) is 11.7 Å². The Morgan fingerprint density at radius 1 is 1.00 bits per heavy atom. The molecule has 4 rings (SSSR count). The molecule has 0 aliphatic carbocycles. The first-order valence-electron chi connectivity index (χ1n) is 9.73. The fourth-order valence-electron chi connectivity index (χ4n) is 3.77. The number of carbonyl (C=O) groups excluding carboxylic acids is 1. The third-order valence-electron chi connectivity index (χ3n) is 5.19. The van der Waals surface area contributed by atoms with Crippen LogP contribution < -0.4 is 0 Å². The van der Waals surface area contributed by atoms with Gasteiger partial charge >= 0.3 is 0 Å². The lowest BCUT2D eigenvalue weighted by atomic mass is 9.98. The van der Waals surface area contributed by atoms with Gasteiger partial charge in [0.25, 0.3) is 0 Å². The van der Waals surface area contributed by atoms with Crippen molar-refractivity contribution in [3.63, 3.8) is 0 Å². The number of thioether (sulfide) groups is 1. The second-order valence-electron chi connectivity index (χ2n) is 7.18. The Hall–Kier alpha value is -3.19. The Kier molecular flexibility index (Phi) is 5.81. The van der Waals surface area contributed by atoms with Crippen LogP contribution in [0.3, 0.4) is 0 Å². The number of ketones is 1. The third kappa shape index (κ3) is 3.93. The molecule has 7 heteroatoms. The molecule has 0 aliphatic rings. The molecule has 0 aliphatic heterocycles. The van der Waals surface area contributed by atoms with Crippen LogP contribution in [0.2, 0.25) is 0 Å². The normalized spacial score (nSPS) is 11.2. The van der Waals surface area contributed by atoms with E-state index in [0.29, 0.717) is 10.9 Å². The number of benzene rings is 2. The lowest BCUT2D eigenvalue weighted by molar-refractivity contribution is 0.102. The van der Waals surface area contributed by atoms with Gasteiger partial charge in [-0.3, -0.25) is 4.79 Å². The maximum atomic E-state index is 13.0. The Morgan fingerprint density at radius 3 is 2.13 bits per heavy atom. The van der Waals surface area contributed by atoms with Gasteiger partial charge in [-0.1, -0.05) is 72.4 Å². The zero-order valence-electron chi connectivity index (χ0n) is 17.2. The first-order chi connectivity index (χ1) is 14.6. The molecule has 0 amide bonds. The number of hydrogen-bond donors (Lipinski definition) is 0. The van der Waals surface area contributed by atoms with Crippen LogP contribution in [0.15, 0.2) is 71.9 Å². The minimum absolute atomic E-state index is 0.00421. The monoisotopic (exact) mass is 417 g/mol. The number of Topliss-reactive ketones (excluding diaryl/α,β-unsaturated/α-hetero) is 1. The molecule has 0 unspecified atom stereocenters. The van der Waals surface area contributed by atoms with Crippen LogP contribution in [0, 0.1) is 13.8 Å². The number of carbonyl (C=O) groups is 1. The number of rotatable bonds is 7. The van der Waals surface area contributed by atoms with Gasteiger partial charge in [0.2, 0.25) is 5.16 Å². The van der Waals surface area contributed by atoms with E-state index in [9.17, 15) is 4.79 Å². The fourth-order valence-corrected chi connectivity index (χ4v) is 4.50. The van der Waals surface area contributed by atoms with Gasteiger partial charge in [-0.15, -0.1) is 5.10 Å². The second-order valence-corrected chi connectivity index (χ2v) is 8.12. The van der Waals surface area contributed by atoms with Crippen LogP contribution in [-0.4, -0.2) is 36.3 Å². The molecule has 0 radical (unpaired) electrons. The largest absolute Gasteiger partial charge is 0.337 e. The summed E-state index contributed by atoms with van der Waals surface area (Å²) in [6.45, 7) is 4.08. The van der Waals surface area contributed by atoms with Crippen molar-refractivity contribution in [1.82, 2.24) is 24.8 Å². The zero-order valence-corrected chi connectivity index (χ0v) is 18.0. The average Bonchev–Trinajstić information content (AvgIpc) is 3.31. The van der Waals surface area contributed by atoms with Gasteiger partial charge in [-0.05, 0) is 41.5 Å². The van der Waals surface area contributed by atoms with Crippen LogP contribution in [0.5, 0.6) is 0 Å².